The van der Waals surface area contributed by atoms with E-state index in [1.807, 2.05) is 4.90 Å². The van der Waals surface area contributed by atoms with E-state index in [2.05, 4.69) is 9.97 Å². The zero-order chi connectivity index (χ0) is 12.8. The molecule has 1 saturated heterocycles. The Morgan fingerprint density at radius 3 is 2.94 bits per heavy atom. The van der Waals surface area contributed by atoms with Gasteiger partial charge in [-0.15, -0.1) is 0 Å². The summed E-state index contributed by atoms with van der Waals surface area (Å²) in [6, 6.07) is 0. The average Bonchev–Trinajstić information content (AvgIpc) is 2.93. The number of carbonyl (C=O) groups is 1. The molecule has 1 aliphatic rings. The van der Waals surface area contributed by atoms with Gasteiger partial charge in [0.25, 0.3) is 5.91 Å². The number of H-pyrrole nitrogens is 1. The maximum Gasteiger partial charge on any atom is 0.271 e. The molecule has 0 aromatic carbocycles. The molecule has 6 heteroatoms. The minimum absolute atomic E-state index is 0.0212. The number of imidazole rings is 1. The number of hydrogen-bond acceptors (Lipinski definition) is 4. The quantitative estimate of drug-likeness (QED) is 0.742. The summed E-state index contributed by atoms with van der Waals surface area (Å²) in [5.74, 6) is 0.0212. The van der Waals surface area contributed by atoms with Gasteiger partial charge in [-0.1, -0.05) is 0 Å². The van der Waals surface area contributed by atoms with E-state index in [4.69, 9.17) is 10.5 Å². The second-order valence-corrected chi connectivity index (χ2v) is 4.47. The predicted molar refractivity (Wildman–Crippen MR) is 67.1 cm³/mol. The van der Waals surface area contributed by atoms with Crippen molar-refractivity contribution in [3.05, 3.63) is 18.2 Å². The molecule has 0 unspecified atom stereocenters. The first-order chi connectivity index (χ1) is 8.81. The van der Waals surface area contributed by atoms with E-state index in [0.29, 0.717) is 12.2 Å². The monoisotopic (exact) mass is 252 g/mol. The van der Waals surface area contributed by atoms with Crippen molar-refractivity contribution in [1.29, 1.82) is 0 Å². The smallest absolute Gasteiger partial charge is 0.271 e. The molecule has 0 radical (unpaired) electrons. The fourth-order valence-electron chi connectivity index (χ4n) is 2.10. The number of nitrogens with two attached hydrogens (primary N) is 1. The minimum atomic E-state index is 0.0212. The number of nitrogens with zero attached hydrogens (tertiary/aromatic N) is 2. The molecule has 1 aliphatic heterocycles. The summed E-state index contributed by atoms with van der Waals surface area (Å²) in [5, 5.41) is 0. The normalized spacial score (nSPS) is 17.1. The van der Waals surface area contributed by atoms with E-state index in [9.17, 15) is 4.79 Å². The Kier molecular flexibility index (Phi) is 4.72. The second-order valence-electron chi connectivity index (χ2n) is 4.47. The maximum atomic E-state index is 12.0. The van der Waals surface area contributed by atoms with Gasteiger partial charge in [0, 0.05) is 19.7 Å². The molecule has 2 rings (SSSR count). The van der Waals surface area contributed by atoms with Crippen LogP contribution in [0.3, 0.4) is 0 Å². The lowest BCUT2D eigenvalue weighted by molar-refractivity contribution is 0.00830. The Bertz CT molecular complexity index is 358. The molecule has 1 aromatic heterocycles. The summed E-state index contributed by atoms with van der Waals surface area (Å²) in [6.07, 6.45) is 6.03. The first-order valence-corrected chi connectivity index (χ1v) is 6.40. The Labute approximate surface area is 107 Å². The Balaban J connectivity index is 1.75. The highest BCUT2D eigenvalue weighted by Gasteiger charge is 2.24. The lowest BCUT2D eigenvalue weighted by Crippen LogP contribution is -2.41. The van der Waals surface area contributed by atoms with Gasteiger partial charge < -0.3 is 20.4 Å². The Morgan fingerprint density at radius 2 is 2.33 bits per heavy atom. The Hall–Kier alpha value is -1.40. The molecule has 2 heterocycles. The number of rotatable bonds is 5. The molecule has 0 bridgehead atoms. The van der Waals surface area contributed by atoms with Gasteiger partial charge in [0.05, 0.1) is 18.6 Å². The molecule has 18 heavy (non-hydrogen) atoms. The molecular weight excluding hydrogens is 232 g/mol. The molecule has 1 amide bonds. The second kappa shape index (κ2) is 6.51. The summed E-state index contributed by atoms with van der Waals surface area (Å²) in [6.45, 7) is 2.86. The van der Waals surface area contributed by atoms with Gasteiger partial charge in [-0.05, 0) is 25.8 Å². The van der Waals surface area contributed by atoms with Crippen molar-refractivity contribution in [3.8, 4) is 0 Å². The van der Waals surface area contributed by atoms with Crippen molar-refractivity contribution in [3.63, 3.8) is 0 Å². The summed E-state index contributed by atoms with van der Waals surface area (Å²) < 4.78 is 5.70. The van der Waals surface area contributed by atoms with Crippen LogP contribution in [-0.4, -0.2) is 53.1 Å². The number of nitrogens with one attached hydrogen (secondary N) is 1. The molecule has 100 valence electrons. The van der Waals surface area contributed by atoms with Crippen LogP contribution < -0.4 is 5.73 Å². The molecule has 6 nitrogen and oxygen atoms in total. The highest BCUT2D eigenvalue weighted by molar-refractivity contribution is 5.92. The number of aromatic nitrogens is 2. The Morgan fingerprint density at radius 1 is 1.56 bits per heavy atom. The first kappa shape index (κ1) is 13.0. The van der Waals surface area contributed by atoms with Gasteiger partial charge in [-0.3, -0.25) is 4.79 Å². The van der Waals surface area contributed by atoms with Gasteiger partial charge in [-0.2, -0.15) is 0 Å². The van der Waals surface area contributed by atoms with Gasteiger partial charge in [0.15, 0.2) is 0 Å². The van der Waals surface area contributed by atoms with Crippen molar-refractivity contribution in [1.82, 2.24) is 14.9 Å². The van der Waals surface area contributed by atoms with Crippen molar-refractivity contribution in [2.75, 3.05) is 26.2 Å². The zero-order valence-corrected chi connectivity index (χ0v) is 10.5. The highest BCUT2D eigenvalue weighted by Crippen LogP contribution is 2.15. The third-order valence-corrected chi connectivity index (χ3v) is 3.16. The fraction of sp³-hybridized carbons (Fsp3) is 0.667. The molecule has 1 fully saturated rings. The van der Waals surface area contributed by atoms with Crippen molar-refractivity contribution in [2.45, 2.75) is 25.4 Å². The summed E-state index contributed by atoms with van der Waals surface area (Å²) in [7, 11) is 0. The number of ether oxygens (including phenoxy) is 1. The third kappa shape index (κ3) is 3.30. The van der Waals surface area contributed by atoms with E-state index in [-0.39, 0.29) is 12.0 Å². The lowest BCUT2D eigenvalue weighted by atomic mass is 10.1. The van der Waals surface area contributed by atoms with Crippen LogP contribution in [0.2, 0.25) is 0 Å². The highest BCUT2D eigenvalue weighted by atomic mass is 16.5. The van der Waals surface area contributed by atoms with Gasteiger partial charge in [-0.25, -0.2) is 4.98 Å². The molecule has 0 saturated carbocycles. The number of hydrogen-bond donors (Lipinski definition) is 2. The van der Waals surface area contributed by atoms with Crippen LogP contribution in [0.25, 0.3) is 0 Å². The average molecular weight is 252 g/mol. The number of aromatic amines is 1. The van der Waals surface area contributed by atoms with E-state index >= 15 is 0 Å². The van der Waals surface area contributed by atoms with E-state index in [1.165, 1.54) is 6.33 Å². The van der Waals surface area contributed by atoms with Crippen molar-refractivity contribution >= 4 is 5.91 Å². The van der Waals surface area contributed by atoms with Gasteiger partial charge >= 0.3 is 0 Å². The van der Waals surface area contributed by atoms with Crippen molar-refractivity contribution < 1.29 is 9.53 Å². The van der Waals surface area contributed by atoms with Crippen LogP contribution in [0.15, 0.2) is 12.5 Å². The standard InChI is InChI=1S/C12H20N4O2/c13-4-1-7-18-10-2-5-16(6-3-10)12(17)11-8-14-9-15-11/h8-10H,1-7,13H2,(H,14,15). The number of carbonyl (C=O) groups excluding carboxylic acids is 1. The van der Waals surface area contributed by atoms with Gasteiger partial charge in [0.2, 0.25) is 0 Å². The fourth-order valence-corrected chi connectivity index (χ4v) is 2.10. The topological polar surface area (TPSA) is 84.2 Å². The van der Waals surface area contributed by atoms with Crippen molar-refractivity contribution in [2.24, 2.45) is 5.73 Å². The van der Waals surface area contributed by atoms with E-state index in [0.717, 1.165) is 39.0 Å². The summed E-state index contributed by atoms with van der Waals surface area (Å²) in [4.78, 5) is 20.6. The largest absolute Gasteiger partial charge is 0.378 e. The zero-order valence-electron chi connectivity index (χ0n) is 10.5. The van der Waals surface area contributed by atoms with Crippen LogP contribution in [0, 0.1) is 0 Å². The first-order valence-electron chi connectivity index (χ1n) is 6.40. The van der Waals surface area contributed by atoms with Gasteiger partial charge in [0.1, 0.15) is 5.69 Å². The van der Waals surface area contributed by atoms with Crippen LogP contribution >= 0.6 is 0 Å². The van der Waals surface area contributed by atoms with E-state index in [1.54, 1.807) is 6.20 Å². The SMILES string of the molecule is NCCCOC1CCN(C(=O)c2cnc[nH]2)CC1. The molecule has 0 spiro atoms. The molecule has 0 aliphatic carbocycles. The lowest BCUT2D eigenvalue weighted by Gasteiger charge is -2.31. The number of amides is 1. The maximum absolute atomic E-state index is 12.0. The van der Waals surface area contributed by atoms with Crippen LogP contribution in [-0.2, 0) is 4.74 Å². The number of piperidine rings is 1. The van der Waals surface area contributed by atoms with E-state index < -0.39 is 0 Å². The van der Waals surface area contributed by atoms with Crippen LogP contribution in [0.5, 0.6) is 0 Å². The molecule has 0 atom stereocenters. The third-order valence-electron chi connectivity index (χ3n) is 3.16. The molecular formula is C12H20N4O2. The van der Waals surface area contributed by atoms with Crippen LogP contribution in [0.4, 0.5) is 0 Å². The van der Waals surface area contributed by atoms with Crippen LogP contribution in [0.1, 0.15) is 29.8 Å². The molecule has 3 N–H and O–H groups in total. The number of likely N-dealkylation sites (tertiary alicyclic amines) is 1. The predicted octanol–water partition coefficient (Wildman–Crippen LogP) is 0.380. The molecule has 1 aromatic rings. The summed E-state index contributed by atoms with van der Waals surface area (Å²) in [5.41, 5.74) is 5.97. The summed E-state index contributed by atoms with van der Waals surface area (Å²) >= 11 is 0. The minimum Gasteiger partial charge on any atom is -0.378 e.